The van der Waals surface area contributed by atoms with E-state index in [1.165, 1.54) is 0 Å². The minimum atomic E-state index is -0.734. The van der Waals surface area contributed by atoms with Gasteiger partial charge < -0.3 is 10.1 Å². The van der Waals surface area contributed by atoms with E-state index in [4.69, 9.17) is 4.74 Å². The summed E-state index contributed by atoms with van der Waals surface area (Å²) in [7, 11) is 0. The molecule has 2 aromatic heterocycles. The van der Waals surface area contributed by atoms with Gasteiger partial charge in [-0.25, -0.2) is 9.48 Å². The highest BCUT2D eigenvalue weighted by Gasteiger charge is 2.52. The number of amides is 2. The van der Waals surface area contributed by atoms with Crippen LogP contribution in [0.5, 0.6) is 0 Å². The van der Waals surface area contributed by atoms with Crippen LogP contribution in [0.15, 0.2) is 48.7 Å². The van der Waals surface area contributed by atoms with Gasteiger partial charge in [-0.05, 0) is 82.7 Å². The van der Waals surface area contributed by atoms with E-state index in [1.54, 1.807) is 9.58 Å². The van der Waals surface area contributed by atoms with Gasteiger partial charge in [0.25, 0.3) is 0 Å². The Balaban J connectivity index is 1.11. The molecule has 11 heteroatoms. The van der Waals surface area contributed by atoms with Crippen molar-refractivity contribution < 1.29 is 14.3 Å². The molecule has 4 aromatic rings. The number of aromatic amines is 1. The minimum Gasteiger partial charge on any atom is -0.444 e. The topological polar surface area (TPSA) is 142 Å². The van der Waals surface area contributed by atoms with Gasteiger partial charge in [0.15, 0.2) is 0 Å². The van der Waals surface area contributed by atoms with E-state index in [2.05, 4.69) is 31.9 Å². The number of H-pyrrole nitrogens is 1. The largest absolute Gasteiger partial charge is 0.444 e. The Morgan fingerprint density at radius 3 is 2.71 bits per heavy atom. The molecule has 4 unspecified atom stereocenters. The molecule has 1 saturated carbocycles. The SMILES string of the molecule is Cc1[nH]nc2ccc(-c3cn(-c4ccc(CC(C#N)NC(=O)C5C6CCC(C6)N5C(=O)OC(C)(C)C)cc4)nn3)cc12. The number of hydrogen-bond donors (Lipinski definition) is 2. The van der Waals surface area contributed by atoms with Crippen molar-refractivity contribution in [2.45, 2.75) is 77.1 Å². The van der Waals surface area contributed by atoms with Gasteiger partial charge in [-0.15, -0.1) is 5.10 Å². The first-order chi connectivity index (χ1) is 20.1. The third-order valence-electron chi connectivity index (χ3n) is 8.10. The molecule has 2 N–H and O–H groups in total. The first-order valence-electron chi connectivity index (χ1n) is 14.3. The van der Waals surface area contributed by atoms with Gasteiger partial charge in [0.1, 0.15) is 23.4 Å². The first-order valence-corrected chi connectivity index (χ1v) is 14.3. The van der Waals surface area contributed by atoms with Gasteiger partial charge >= 0.3 is 6.09 Å². The van der Waals surface area contributed by atoms with E-state index < -0.39 is 23.8 Å². The Kier molecular flexibility index (Phi) is 6.93. The van der Waals surface area contributed by atoms with Crippen molar-refractivity contribution in [1.29, 1.82) is 5.26 Å². The molecular weight excluding hydrogens is 532 g/mol. The Bertz CT molecular complexity index is 1680. The van der Waals surface area contributed by atoms with Crippen LogP contribution in [0.4, 0.5) is 4.79 Å². The molecule has 2 amide bonds. The Labute approximate surface area is 243 Å². The fourth-order valence-corrected chi connectivity index (χ4v) is 6.13. The van der Waals surface area contributed by atoms with Crippen LogP contribution in [0.1, 0.15) is 51.3 Å². The van der Waals surface area contributed by atoms with E-state index in [9.17, 15) is 14.9 Å². The number of rotatable bonds is 6. The summed E-state index contributed by atoms with van der Waals surface area (Å²) >= 11 is 0. The molecule has 1 aliphatic carbocycles. The molecule has 216 valence electrons. The van der Waals surface area contributed by atoms with E-state index in [0.29, 0.717) is 6.42 Å². The fraction of sp³-hybridized carbons (Fsp3) is 0.419. The number of nitrogens with one attached hydrogen (secondary N) is 2. The maximum atomic E-state index is 13.4. The summed E-state index contributed by atoms with van der Waals surface area (Å²) in [6.07, 6.45) is 4.29. The number of carbonyl (C=O) groups is 2. The number of piperidine rings is 1. The number of benzene rings is 2. The van der Waals surface area contributed by atoms with Crippen LogP contribution in [0.3, 0.4) is 0 Å². The first kappa shape index (κ1) is 27.4. The molecule has 2 bridgehead atoms. The van der Waals surface area contributed by atoms with E-state index >= 15 is 0 Å². The maximum Gasteiger partial charge on any atom is 0.411 e. The lowest BCUT2D eigenvalue weighted by atomic mass is 9.97. The van der Waals surface area contributed by atoms with Crippen molar-refractivity contribution in [3.05, 3.63) is 59.9 Å². The van der Waals surface area contributed by atoms with Crippen molar-refractivity contribution in [1.82, 2.24) is 35.4 Å². The van der Waals surface area contributed by atoms with Gasteiger partial charge in [0.05, 0.1) is 23.5 Å². The number of likely N-dealkylation sites (tertiary alicyclic amines) is 1. The fourth-order valence-electron chi connectivity index (χ4n) is 6.13. The van der Waals surface area contributed by atoms with Crippen LogP contribution in [0, 0.1) is 24.2 Å². The normalized spacial score (nSPS) is 20.5. The van der Waals surface area contributed by atoms with E-state index in [-0.39, 0.29) is 17.9 Å². The predicted molar refractivity (Wildman–Crippen MR) is 155 cm³/mol. The summed E-state index contributed by atoms with van der Waals surface area (Å²) in [5, 5.41) is 29.7. The van der Waals surface area contributed by atoms with Crippen molar-refractivity contribution in [3.63, 3.8) is 0 Å². The quantitative estimate of drug-likeness (QED) is 0.351. The second-order valence-electron chi connectivity index (χ2n) is 12.2. The van der Waals surface area contributed by atoms with Crippen molar-refractivity contribution in [2.24, 2.45) is 5.92 Å². The second kappa shape index (κ2) is 10.6. The molecule has 0 spiro atoms. The van der Waals surface area contributed by atoms with Gasteiger partial charge in [0, 0.05) is 29.1 Å². The Hall–Kier alpha value is -4.72. The number of nitriles is 1. The number of carbonyl (C=O) groups excluding carboxylic acids is 2. The van der Waals surface area contributed by atoms with E-state index in [0.717, 1.165) is 58.4 Å². The van der Waals surface area contributed by atoms with Crippen LogP contribution in [0.25, 0.3) is 27.8 Å². The average molecular weight is 567 g/mol. The smallest absolute Gasteiger partial charge is 0.411 e. The van der Waals surface area contributed by atoms with Gasteiger partial charge in [-0.1, -0.05) is 23.4 Å². The molecule has 1 aliphatic heterocycles. The maximum absolute atomic E-state index is 13.4. The zero-order valence-corrected chi connectivity index (χ0v) is 24.2. The molecule has 1 saturated heterocycles. The number of aryl methyl sites for hydroxylation is 1. The third kappa shape index (κ3) is 5.32. The Morgan fingerprint density at radius 1 is 1.19 bits per heavy atom. The lowest BCUT2D eigenvalue weighted by molar-refractivity contribution is -0.128. The minimum absolute atomic E-state index is 0.00338. The van der Waals surface area contributed by atoms with E-state index in [1.807, 2.05) is 76.4 Å². The zero-order valence-electron chi connectivity index (χ0n) is 24.2. The summed E-state index contributed by atoms with van der Waals surface area (Å²) in [6, 6.07) is 14.5. The second-order valence-corrected chi connectivity index (χ2v) is 12.2. The molecule has 3 heterocycles. The summed E-state index contributed by atoms with van der Waals surface area (Å²) in [6.45, 7) is 7.43. The van der Waals surface area contributed by atoms with Crippen LogP contribution < -0.4 is 5.32 Å². The van der Waals surface area contributed by atoms with Gasteiger partial charge in [0.2, 0.25) is 5.91 Å². The summed E-state index contributed by atoms with van der Waals surface area (Å²) in [5.41, 5.74) is 4.66. The summed E-state index contributed by atoms with van der Waals surface area (Å²) < 4.78 is 7.30. The van der Waals surface area contributed by atoms with Crippen LogP contribution in [0.2, 0.25) is 0 Å². The highest BCUT2D eigenvalue weighted by atomic mass is 16.6. The van der Waals surface area contributed by atoms with Crippen molar-refractivity contribution >= 4 is 22.9 Å². The lowest BCUT2D eigenvalue weighted by Gasteiger charge is -2.35. The zero-order chi connectivity index (χ0) is 29.6. The number of fused-ring (bicyclic) bond motifs is 3. The standard InChI is InChI=1S/C31H34N8O3/c1-18-25-15-20(8-12-26(25)35-34-18)27-17-38(37-36-27)23-9-5-19(6-10-23)13-22(16-32)33-29(40)28-21-7-11-24(14-21)39(28)30(41)42-31(2,3)4/h5-6,8-10,12,15,17,21-22,24,28H,7,11,13-14H2,1-4H3,(H,33,40)(H,34,35). The highest BCUT2D eigenvalue weighted by Crippen LogP contribution is 2.43. The Morgan fingerprint density at radius 2 is 1.98 bits per heavy atom. The van der Waals surface area contributed by atoms with Crippen LogP contribution in [-0.2, 0) is 16.0 Å². The monoisotopic (exact) mass is 566 g/mol. The molecule has 42 heavy (non-hydrogen) atoms. The molecule has 6 rings (SSSR count). The summed E-state index contributed by atoms with van der Waals surface area (Å²) in [4.78, 5) is 27.9. The van der Waals surface area contributed by atoms with Crippen LogP contribution >= 0.6 is 0 Å². The van der Waals surface area contributed by atoms with Crippen molar-refractivity contribution in [2.75, 3.05) is 0 Å². The molecule has 4 atom stereocenters. The average Bonchev–Trinajstić information content (AvgIpc) is 3.76. The molecule has 2 aliphatic rings. The molecule has 0 radical (unpaired) electrons. The number of ether oxygens (including phenoxy) is 1. The summed E-state index contributed by atoms with van der Waals surface area (Å²) in [5.74, 6) is -0.213. The van der Waals surface area contributed by atoms with Gasteiger partial charge in [-0.2, -0.15) is 10.4 Å². The predicted octanol–water partition coefficient (Wildman–Crippen LogP) is 4.46. The van der Waals surface area contributed by atoms with Crippen molar-refractivity contribution in [3.8, 4) is 23.0 Å². The number of nitrogens with zero attached hydrogens (tertiary/aromatic N) is 6. The van der Waals surface area contributed by atoms with Crippen LogP contribution in [-0.4, -0.2) is 65.8 Å². The third-order valence-corrected chi connectivity index (χ3v) is 8.10. The highest BCUT2D eigenvalue weighted by molar-refractivity contribution is 5.88. The molecular formula is C31H34N8O3. The lowest BCUT2D eigenvalue weighted by Crippen LogP contribution is -2.55. The molecule has 2 aromatic carbocycles. The molecule has 11 nitrogen and oxygen atoms in total. The number of hydrogen-bond acceptors (Lipinski definition) is 7. The molecule has 2 fully saturated rings. The van der Waals surface area contributed by atoms with Gasteiger partial charge in [-0.3, -0.25) is 14.8 Å². The number of aromatic nitrogens is 5.